The first kappa shape index (κ1) is 19.4. The summed E-state index contributed by atoms with van der Waals surface area (Å²) in [5.41, 5.74) is 5.40. The molecule has 0 aromatic carbocycles. The van der Waals surface area contributed by atoms with Crippen LogP contribution in [0.4, 0.5) is 0 Å². The van der Waals surface area contributed by atoms with Crippen molar-refractivity contribution in [3.63, 3.8) is 0 Å². The third-order valence-corrected chi connectivity index (χ3v) is 5.07. The molecular formula is C15H27ClN4OS. The molecule has 3 N–H and O–H groups in total. The number of nitrogens with one attached hydrogen (secondary N) is 1. The molecule has 126 valence electrons. The predicted molar refractivity (Wildman–Crippen MR) is 93.5 cm³/mol. The summed E-state index contributed by atoms with van der Waals surface area (Å²) >= 11 is 1.80. The Labute approximate surface area is 143 Å². The van der Waals surface area contributed by atoms with E-state index in [0.29, 0.717) is 19.0 Å². The molecule has 1 amide bonds. The van der Waals surface area contributed by atoms with Crippen molar-refractivity contribution in [1.29, 1.82) is 0 Å². The van der Waals surface area contributed by atoms with Crippen LogP contribution in [0.5, 0.6) is 0 Å². The number of aromatic nitrogens is 1. The molecule has 1 aliphatic heterocycles. The van der Waals surface area contributed by atoms with Gasteiger partial charge in [-0.1, -0.05) is 13.3 Å². The Bertz CT molecular complexity index is 455. The van der Waals surface area contributed by atoms with Crippen LogP contribution in [0.2, 0.25) is 0 Å². The minimum absolute atomic E-state index is 0. The highest BCUT2D eigenvalue weighted by atomic mass is 35.5. The Morgan fingerprint density at radius 3 is 3.05 bits per heavy atom. The lowest BCUT2D eigenvalue weighted by Gasteiger charge is -2.35. The summed E-state index contributed by atoms with van der Waals surface area (Å²) in [7, 11) is 0. The van der Waals surface area contributed by atoms with Crippen molar-refractivity contribution in [2.24, 2.45) is 5.73 Å². The van der Waals surface area contributed by atoms with E-state index < -0.39 is 0 Å². The Balaban J connectivity index is 0.00000242. The number of carbonyl (C=O) groups excluding carboxylic acids is 1. The molecule has 1 saturated heterocycles. The van der Waals surface area contributed by atoms with Crippen molar-refractivity contribution < 1.29 is 4.79 Å². The van der Waals surface area contributed by atoms with E-state index in [4.69, 9.17) is 5.73 Å². The number of amides is 1. The van der Waals surface area contributed by atoms with Crippen LogP contribution >= 0.6 is 23.7 Å². The number of thiazole rings is 1. The van der Waals surface area contributed by atoms with Gasteiger partial charge in [0.25, 0.3) is 0 Å². The molecule has 1 aromatic heterocycles. The molecule has 1 fully saturated rings. The highest BCUT2D eigenvalue weighted by molar-refractivity contribution is 7.11. The summed E-state index contributed by atoms with van der Waals surface area (Å²) in [6, 6.07) is 0.425. The van der Waals surface area contributed by atoms with E-state index in [2.05, 4.69) is 22.1 Å². The Kier molecular flexibility index (Phi) is 8.93. The van der Waals surface area contributed by atoms with Gasteiger partial charge in [0, 0.05) is 36.6 Å². The Morgan fingerprint density at radius 1 is 1.55 bits per heavy atom. The van der Waals surface area contributed by atoms with Crippen molar-refractivity contribution in [2.75, 3.05) is 19.6 Å². The van der Waals surface area contributed by atoms with Gasteiger partial charge in [0.1, 0.15) is 5.01 Å². The number of hydrogen-bond donors (Lipinski definition) is 2. The highest BCUT2D eigenvalue weighted by Crippen LogP contribution is 2.22. The van der Waals surface area contributed by atoms with E-state index in [1.165, 1.54) is 22.7 Å². The highest BCUT2D eigenvalue weighted by Gasteiger charge is 2.23. The molecule has 0 radical (unpaired) electrons. The lowest BCUT2D eigenvalue weighted by molar-refractivity contribution is -0.121. The molecule has 2 rings (SSSR count). The van der Waals surface area contributed by atoms with Crippen LogP contribution in [-0.2, 0) is 17.8 Å². The summed E-state index contributed by atoms with van der Waals surface area (Å²) < 4.78 is 0. The van der Waals surface area contributed by atoms with Gasteiger partial charge in [-0.25, -0.2) is 4.98 Å². The van der Waals surface area contributed by atoms with Crippen LogP contribution < -0.4 is 11.1 Å². The molecule has 1 unspecified atom stereocenters. The molecule has 7 heteroatoms. The maximum absolute atomic E-state index is 11.6. The SMILES string of the molecule is CCc1cnc(CN2CCCCC2CNC(=O)CCN)s1.Cl. The van der Waals surface area contributed by atoms with Gasteiger partial charge in [-0.05, 0) is 25.8 Å². The van der Waals surface area contributed by atoms with Crippen LogP contribution in [0.25, 0.3) is 0 Å². The molecule has 0 aliphatic carbocycles. The van der Waals surface area contributed by atoms with Crippen molar-refractivity contribution in [3.05, 3.63) is 16.1 Å². The monoisotopic (exact) mass is 346 g/mol. The predicted octanol–water partition coefficient (Wildman–Crippen LogP) is 1.95. The maximum atomic E-state index is 11.6. The van der Waals surface area contributed by atoms with Crippen molar-refractivity contribution in [3.8, 4) is 0 Å². The van der Waals surface area contributed by atoms with Crippen LogP contribution in [0, 0.1) is 0 Å². The van der Waals surface area contributed by atoms with Gasteiger partial charge in [0.2, 0.25) is 5.91 Å². The van der Waals surface area contributed by atoms with Crippen molar-refractivity contribution in [2.45, 2.75) is 51.6 Å². The zero-order valence-electron chi connectivity index (χ0n) is 13.2. The molecule has 5 nitrogen and oxygen atoms in total. The molecular weight excluding hydrogens is 320 g/mol. The minimum atomic E-state index is 0. The second kappa shape index (κ2) is 10.2. The van der Waals surface area contributed by atoms with Gasteiger partial charge in [0.15, 0.2) is 0 Å². The summed E-state index contributed by atoms with van der Waals surface area (Å²) in [4.78, 5) is 19.9. The number of piperidine rings is 1. The first-order chi connectivity index (χ1) is 10.2. The number of halogens is 1. The van der Waals surface area contributed by atoms with E-state index in [1.54, 1.807) is 11.3 Å². The van der Waals surface area contributed by atoms with E-state index in [0.717, 1.165) is 32.5 Å². The normalized spacial score (nSPS) is 18.7. The molecule has 2 heterocycles. The average Bonchev–Trinajstić information content (AvgIpc) is 2.94. The molecule has 0 bridgehead atoms. The topological polar surface area (TPSA) is 71.2 Å². The summed E-state index contributed by atoms with van der Waals surface area (Å²) in [6.45, 7) is 5.30. The van der Waals surface area contributed by atoms with Crippen LogP contribution in [0.1, 0.15) is 42.5 Å². The van der Waals surface area contributed by atoms with Crippen LogP contribution in [-0.4, -0.2) is 41.5 Å². The van der Waals surface area contributed by atoms with Gasteiger partial charge < -0.3 is 11.1 Å². The smallest absolute Gasteiger partial charge is 0.221 e. The number of likely N-dealkylation sites (tertiary alicyclic amines) is 1. The first-order valence-corrected chi connectivity index (χ1v) is 8.69. The lowest BCUT2D eigenvalue weighted by Crippen LogP contribution is -2.46. The van der Waals surface area contributed by atoms with E-state index >= 15 is 0 Å². The van der Waals surface area contributed by atoms with Gasteiger partial charge in [-0.2, -0.15) is 0 Å². The van der Waals surface area contributed by atoms with E-state index in [9.17, 15) is 4.79 Å². The molecule has 0 spiro atoms. The van der Waals surface area contributed by atoms with Gasteiger partial charge in [0.05, 0.1) is 6.54 Å². The average molecular weight is 347 g/mol. The Morgan fingerprint density at radius 2 is 2.36 bits per heavy atom. The molecule has 22 heavy (non-hydrogen) atoms. The Hall–Kier alpha value is -0.690. The fourth-order valence-electron chi connectivity index (χ4n) is 2.71. The molecule has 1 aromatic rings. The largest absolute Gasteiger partial charge is 0.354 e. The second-order valence-corrected chi connectivity index (χ2v) is 6.74. The number of carbonyl (C=O) groups is 1. The van der Waals surface area contributed by atoms with E-state index in [1.807, 2.05) is 6.20 Å². The van der Waals surface area contributed by atoms with Crippen molar-refractivity contribution in [1.82, 2.24) is 15.2 Å². The zero-order chi connectivity index (χ0) is 15.1. The molecule has 1 aliphatic rings. The fraction of sp³-hybridized carbons (Fsp3) is 0.733. The fourth-order valence-corrected chi connectivity index (χ4v) is 3.60. The maximum Gasteiger partial charge on any atom is 0.221 e. The number of nitrogens with zero attached hydrogens (tertiary/aromatic N) is 2. The van der Waals surface area contributed by atoms with Gasteiger partial charge in [-0.15, -0.1) is 23.7 Å². The zero-order valence-corrected chi connectivity index (χ0v) is 14.8. The van der Waals surface area contributed by atoms with Crippen LogP contribution in [0.3, 0.4) is 0 Å². The first-order valence-electron chi connectivity index (χ1n) is 7.87. The lowest BCUT2D eigenvalue weighted by atomic mass is 10.0. The number of aryl methyl sites for hydroxylation is 1. The molecule has 0 saturated carbocycles. The third kappa shape index (κ3) is 5.83. The van der Waals surface area contributed by atoms with Gasteiger partial charge in [-0.3, -0.25) is 9.69 Å². The molecule has 1 atom stereocenters. The quantitative estimate of drug-likeness (QED) is 0.791. The third-order valence-electron chi connectivity index (χ3n) is 3.94. The van der Waals surface area contributed by atoms with Crippen molar-refractivity contribution >= 4 is 29.7 Å². The summed E-state index contributed by atoms with van der Waals surface area (Å²) in [6.07, 6.45) is 7.08. The minimum Gasteiger partial charge on any atom is -0.354 e. The number of nitrogens with two attached hydrogens (primary N) is 1. The second-order valence-electron chi connectivity index (χ2n) is 5.54. The number of hydrogen-bond acceptors (Lipinski definition) is 5. The van der Waals surface area contributed by atoms with Crippen LogP contribution in [0.15, 0.2) is 6.20 Å². The standard InChI is InChI=1S/C15H26N4OS.ClH/c1-2-13-10-18-15(21-13)11-19-8-4-3-5-12(19)9-17-14(20)6-7-16;/h10,12H,2-9,11,16H2,1H3,(H,17,20);1H. The van der Waals surface area contributed by atoms with E-state index in [-0.39, 0.29) is 18.3 Å². The summed E-state index contributed by atoms with van der Waals surface area (Å²) in [5.74, 6) is 0.0607. The van der Waals surface area contributed by atoms with Gasteiger partial charge >= 0.3 is 0 Å². The number of rotatable bonds is 7. The summed E-state index contributed by atoms with van der Waals surface area (Å²) in [5, 5.41) is 4.19.